The maximum absolute atomic E-state index is 5.99. The van der Waals surface area contributed by atoms with Gasteiger partial charge in [0.2, 0.25) is 5.88 Å². The molecular formula is C20H27IN4O2. The molecule has 0 unspecified atom stereocenters. The predicted octanol–water partition coefficient (Wildman–Crippen LogP) is 4.24. The zero-order chi connectivity index (χ0) is 18.2. The number of aromatic nitrogens is 1. The number of rotatable bonds is 6. The van der Waals surface area contributed by atoms with Crippen LogP contribution in [0.5, 0.6) is 17.4 Å². The topological polar surface area (TPSA) is 81.8 Å². The van der Waals surface area contributed by atoms with Crippen molar-refractivity contribution in [3.63, 3.8) is 0 Å². The first kappa shape index (κ1) is 21.3. The van der Waals surface area contributed by atoms with E-state index in [1.807, 2.05) is 36.4 Å². The van der Waals surface area contributed by atoms with Crippen LogP contribution in [-0.2, 0) is 6.54 Å². The zero-order valence-electron chi connectivity index (χ0n) is 15.6. The number of hydrogen-bond donors (Lipinski definition) is 2. The van der Waals surface area contributed by atoms with Crippen molar-refractivity contribution in [2.75, 3.05) is 7.11 Å². The summed E-state index contributed by atoms with van der Waals surface area (Å²) in [6.07, 6.45) is 7.97. The molecule has 1 aromatic carbocycles. The molecule has 1 saturated carbocycles. The third kappa shape index (κ3) is 6.89. The fourth-order valence-electron chi connectivity index (χ4n) is 3.03. The number of pyridine rings is 1. The smallest absolute Gasteiger partial charge is 0.219 e. The van der Waals surface area contributed by atoms with Crippen molar-refractivity contribution in [2.24, 2.45) is 10.7 Å². The number of benzene rings is 1. The van der Waals surface area contributed by atoms with Gasteiger partial charge in [-0.05, 0) is 30.5 Å². The predicted molar refractivity (Wildman–Crippen MR) is 118 cm³/mol. The van der Waals surface area contributed by atoms with E-state index in [-0.39, 0.29) is 24.0 Å². The molecule has 1 fully saturated rings. The van der Waals surface area contributed by atoms with Crippen molar-refractivity contribution in [3.05, 3.63) is 48.2 Å². The lowest BCUT2D eigenvalue weighted by atomic mass is 9.96. The highest BCUT2D eigenvalue weighted by atomic mass is 127. The lowest BCUT2D eigenvalue weighted by molar-refractivity contribution is 0.407. The monoisotopic (exact) mass is 482 g/mol. The summed E-state index contributed by atoms with van der Waals surface area (Å²) in [6.45, 7) is 0.498. The minimum atomic E-state index is 0. The Morgan fingerprint density at radius 3 is 2.67 bits per heavy atom. The number of aliphatic imine (C=N–C) groups is 1. The second-order valence-electron chi connectivity index (χ2n) is 6.47. The maximum Gasteiger partial charge on any atom is 0.219 e. The number of halogens is 1. The summed E-state index contributed by atoms with van der Waals surface area (Å²) >= 11 is 0. The molecule has 7 heteroatoms. The molecule has 6 nitrogen and oxygen atoms in total. The molecule has 1 aliphatic rings. The number of hydrogen-bond acceptors (Lipinski definition) is 4. The summed E-state index contributed by atoms with van der Waals surface area (Å²) < 4.78 is 10.9. The van der Waals surface area contributed by atoms with Crippen molar-refractivity contribution in [1.29, 1.82) is 0 Å². The third-order valence-corrected chi connectivity index (χ3v) is 4.45. The molecule has 146 valence electrons. The molecule has 3 N–H and O–H groups in total. The first-order valence-electron chi connectivity index (χ1n) is 9.06. The lowest BCUT2D eigenvalue weighted by Gasteiger charge is -2.23. The number of guanidine groups is 1. The number of ether oxygens (including phenoxy) is 2. The number of methoxy groups -OCH3 is 1. The van der Waals surface area contributed by atoms with Gasteiger partial charge in [0, 0.05) is 24.4 Å². The largest absolute Gasteiger partial charge is 0.497 e. The van der Waals surface area contributed by atoms with Gasteiger partial charge >= 0.3 is 0 Å². The Balaban J connectivity index is 0.00000261. The Kier molecular flexibility index (Phi) is 8.63. The minimum Gasteiger partial charge on any atom is -0.497 e. The van der Waals surface area contributed by atoms with E-state index in [4.69, 9.17) is 15.2 Å². The van der Waals surface area contributed by atoms with Crippen molar-refractivity contribution in [2.45, 2.75) is 44.7 Å². The highest BCUT2D eigenvalue weighted by Gasteiger charge is 2.13. The molecule has 3 rings (SSSR count). The van der Waals surface area contributed by atoms with Gasteiger partial charge in [-0.3, -0.25) is 0 Å². The van der Waals surface area contributed by atoms with E-state index < -0.39 is 0 Å². The van der Waals surface area contributed by atoms with Crippen LogP contribution in [0.3, 0.4) is 0 Å². The molecule has 0 atom stereocenters. The van der Waals surface area contributed by atoms with Gasteiger partial charge in [-0.1, -0.05) is 31.4 Å². The van der Waals surface area contributed by atoms with Crippen LogP contribution in [0.4, 0.5) is 0 Å². The van der Waals surface area contributed by atoms with Crippen molar-refractivity contribution in [3.8, 4) is 17.4 Å². The molecule has 2 aromatic rings. The van der Waals surface area contributed by atoms with Gasteiger partial charge < -0.3 is 20.5 Å². The quantitative estimate of drug-likeness (QED) is 0.366. The summed E-state index contributed by atoms with van der Waals surface area (Å²) in [6, 6.07) is 11.7. The van der Waals surface area contributed by atoms with Crippen LogP contribution in [0.25, 0.3) is 0 Å². The Morgan fingerprint density at radius 1 is 1.19 bits per heavy atom. The summed E-state index contributed by atoms with van der Waals surface area (Å²) in [5.74, 6) is 2.46. The van der Waals surface area contributed by atoms with Gasteiger partial charge in [0.05, 0.1) is 13.7 Å². The zero-order valence-corrected chi connectivity index (χ0v) is 17.9. The van der Waals surface area contributed by atoms with E-state index in [9.17, 15) is 0 Å². The molecule has 0 saturated heterocycles. The van der Waals surface area contributed by atoms with Crippen LogP contribution in [0.1, 0.15) is 37.7 Å². The molecule has 0 amide bonds. The van der Waals surface area contributed by atoms with Crippen LogP contribution in [0.15, 0.2) is 47.6 Å². The van der Waals surface area contributed by atoms with Crippen molar-refractivity contribution >= 4 is 29.9 Å². The average molecular weight is 482 g/mol. The lowest BCUT2D eigenvalue weighted by Crippen LogP contribution is -2.41. The number of nitrogens with zero attached hydrogens (tertiary/aromatic N) is 2. The molecule has 0 aliphatic heterocycles. The van der Waals surface area contributed by atoms with E-state index in [0.29, 0.717) is 30.2 Å². The Labute approximate surface area is 177 Å². The Hall–Kier alpha value is -2.03. The number of nitrogens with two attached hydrogens (primary N) is 1. The van der Waals surface area contributed by atoms with Gasteiger partial charge in [-0.15, -0.1) is 24.0 Å². The first-order chi connectivity index (χ1) is 12.7. The van der Waals surface area contributed by atoms with Crippen LogP contribution >= 0.6 is 24.0 Å². The second kappa shape index (κ2) is 11.0. The second-order valence-corrected chi connectivity index (χ2v) is 6.47. The van der Waals surface area contributed by atoms with Crippen LogP contribution in [-0.4, -0.2) is 24.1 Å². The van der Waals surface area contributed by atoms with Crippen LogP contribution < -0.4 is 20.5 Å². The fourth-order valence-corrected chi connectivity index (χ4v) is 3.03. The molecule has 0 bridgehead atoms. The SMILES string of the molecule is COc1cccc(Oc2ccc(CN=C(N)NC3CCCCC3)cn2)c1.I. The molecule has 0 spiro atoms. The minimum absolute atomic E-state index is 0. The third-order valence-electron chi connectivity index (χ3n) is 4.45. The van der Waals surface area contributed by atoms with E-state index in [1.165, 1.54) is 32.1 Å². The van der Waals surface area contributed by atoms with Gasteiger partial charge in [-0.2, -0.15) is 0 Å². The highest BCUT2D eigenvalue weighted by molar-refractivity contribution is 14.0. The van der Waals surface area contributed by atoms with Gasteiger partial charge in [0.25, 0.3) is 0 Å². The average Bonchev–Trinajstić information content (AvgIpc) is 2.68. The molecule has 1 aromatic heterocycles. The molecule has 0 radical (unpaired) electrons. The summed E-state index contributed by atoms with van der Waals surface area (Å²) in [7, 11) is 1.63. The first-order valence-corrected chi connectivity index (χ1v) is 9.06. The normalized spacial score (nSPS) is 14.9. The van der Waals surface area contributed by atoms with E-state index in [1.54, 1.807) is 13.3 Å². The van der Waals surface area contributed by atoms with Gasteiger partial charge in [0.1, 0.15) is 11.5 Å². The van der Waals surface area contributed by atoms with Crippen LogP contribution in [0.2, 0.25) is 0 Å². The maximum atomic E-state index is 5.99. The van der Waals surface area contributed by atoms with E-state index in [0.717, 1.165) is 11.3 Å². The van der Waals surface area contributed by atoms with E-state index >= 15 is 0 Å². The summed E-state index contributed by atoms with van der Waals surface area (Å²) in [5.41, 5.74) is 6.98. The Morgan fingerprint density at radius 2 is 1.96 bits per heavy atom. The summed E-state index contributed by atoms with van der Waals surface area (Å²) in [4.78, 5) is 8.74. The molecule has 1 aliphatic carbocycles. The highest BCUT2D eigenvalue weighted by Crippen LogP contribution is 2.24. The van der Waals surface area contributed by atoms with Crippen molar-refractivity contribution in [1.82, 2.24) is 10.3 Å². The van der Waals surface area contributed by atoms with E-state index in [2.05, 4.69) is 15.3 Å². The van der Waals surface area contributed by atoms with Crippen molar-refractivity contribution < 1.29 is 9.47 Å². The molecule has 27 heavy (non-hydrogen) atoms. The fraction of sp³-hybridized carbons (Fsp3) is 0.400. The van der Waals surface area contributed by atoms with Crippen LogP contribution in [0, 0.1) is 0 Å². The number of nitrogens with one attached hydrogen (secondary N) is 1. The Bertz CT molecular complexity index is 731. The molecule has 1 heterocycles. The van der Waals surface area contributed by atoms with Gasteiger partial charge in [0.15, 0.2) is 5.96 Å². The summed E-state index contributed by atoms with van der Waals surface area (Å²) in [5, 5.41) is 3.31. The standard InChI is InChI=1S/C20H26N4O2.HI/c1-25-17-8-5-9-18(12-17)26-19-11-10-15(13-22-19)14-23-20(21)24-16-6-3-2-4-7-16;/h5,8-13,16H,2-4,6-7,14H2,1H3,(H3,21,23,24);1H. The van der Waals surface area contributed by atoms with Gasteiger partial charge in [-0.25, -0.2) is 9.98 Å². The molecular weight excluding hydrogens is 455 g/mol.